The topological polar surface area (TPSA) is 18.1 Å². The SMILES string of the molecule is CCCS1(C)c2ccccc2C2(c3ccccc3-n3c4ccccc4c4cccc2c43)c2cc3oc4c(c3cc21)C=CCC4C. The highest BCUT2D eigenvalue weighted by Crippen LogP contribution is 2.72. The summed E-state index contributed by atoms with van der Waals surface area (Å²) in [5, 5.41) is 3.90. The molecule has 0 fully saturated rings. The Kier molecular flexibility index (Phi) is 5.06. The first-order chi connectivity index (χ1) is 22.1. The van der Waals surface area contributed by atoms with E-state index < -0.39 is 15.4 Å². The van der Waals surface area contributed by atoms with Crippen molar-refractivity contribution in [2.75, 3.05) is 12.0 Å². The number of hydrogen-bond acceptors (Lipinski definition) is 1. The Bertz CT molecular complexity index is 2420. The van der Waals surface area contributed by atoms with Crippen molar-refractivity contribution < 1.29 is 4.42 Å². The molecule has 3 heteroatoms. The molecule has 2 nitrogen and oxygen atoms in total. The fraction of sp³-hybridized carbons (Fsp3) is 0.190. The fourth-order valence-corrected chi connectivity index (χ4v) is 12.9. The van der Waals surface area contributed by atoms with Crippen LogP contribution in [0.15, 0.2) is 123 Å². The molecule has 3 atom stereocenters. The molecule has 3 aliphatic rings. The van der Waals surface area contributed by atoms with Crippen LogP contribution >= 0.6 is 10.0 Å². The van der Waals surface area contributed by atoms with Crippen molar-refractivity contribution in [1.29, 1.82) is 0 Å². The van der Waals surface area contributed by atoms with Crippen molar-refractivity contribution in [2.45, 2.75) is 47.8 Å². The molecule has 45 heavy (non-hydrogen) atoms. The Morgan fingerprint density at radius 2 is 1.53 bits per heavy atom. The van der Waals surface area contributed by atoms with E-state index in [9.17, 15) is 0 Å². The van der Waals surface area contributed by atoms with E-state index in [1.807, 2.05) is 0 Å². The lowest BCUT2D eigenvalue weighted by atomic mass is 9.62. The molecule has 7 aromatic rings. The van der Waals surface area contributed by atoms with Gasteiger partial charge in [-0.1, -0.05) is 98.8 Å². The summed E-state index contributed by atoms with van der Waals surface area (Å²) in [7, 11) is -1.34. The van der Waals surface area contributed by atoms with Gasteiger partial charge in [0.25, 0.3) is 0 Å². The highest BCUT2D eigenvalue weighted by molar-refractivity contribution is 8.33. The van der Waals surface area contributed by atoms with Crippen molar-refractivity contribution in [3.05, 3.63) is 143 Å². The molecule has 0 bridgehead atoms. The Labute approximate surface area is 265 Å². The van der Waals surface area contributed by atoms with Gasteiger partial charge in [-0.15, -0.1) is 0 Å². The minimum Gasteiger partial charge on any atom is -0.460 e. The summed E-state index contributed by atoms with van der Waals surface area (Å²) in [5.41, 5.74) is 11.2. The van der Waals surface area contributed by atoms with Crippen LogP contribution in [0.1, 0.15) is 66.2 Å². The Morgan fingerprint density at radius 3 is 2.42 bits per heavy atom. The molecule has 10 rings (SSSR count). The number of rotatable bonds is 2. The number of hydrogen-bond donors (Lipinski definition) is 0. The van der Waals surface area contributed by atoms with E-state index >= 15 is 0 Å². The fourth-order valence-electron chi connectivity index (χ4n) is 9.21. The molecule has 1 spiro atoms. The van der Waals surface area contributed by atoms with Crippen LogP contribution in [0.2, 0.25) is 0 Å². The molecular formula is C42H35NOS. The second-order valence-corrected chi connectivity index (χ2v) is 16.8. The lowest BCUT2D eigenvalue weighted by molar-refractivity contribution is 0.503. The Morgan fingerprint density at radius 1 is 0.778 bits per heavy atom. The van der Waals surface area contributed by atoms with Crippen molar-refractivity contribution in [3.63, 3.8) is 0 Å². The van der Waals surface area contributed by atoms with Crippen LogP contribution in [-0.2, 0) is 5.41 Å². The molecule has 2 aromatic heterocycles. The summed E-state index contributed by atoms with van der Waals surface area (Å²) in [6.07, 6.45) is 9.38. The second-order valence-electron chi connectivity index (χ2n) is 13.4. The van der Waals surface area contributed by atoms with Crippen LogP contribution in [-0.4, -0.2) is 16.6 Å². The lowest BCUT2D eigenvalue weighted by Gasteiger charge is -2.53. The smallest absolute Gasteiger partial charge is 0.135 e. The van der Waals surface area contributed by atoms with Gasteiger partial charge < -0.3 is 8.98 Å². The van der Waals surface area contributed by atoms with Crippen molar-refractivity contribution in [1.82, 2.24) is 4.57 Å². The van der Waals surface area contributed by atoms with Gasteiger partial charge in [0.2, 0.25) is 0 Å². The average Bonchev–Trinajstić information content (AvgIpc) is 3.62. The zero-order chi connectivity index (χ0) is 30.1. The van der Waals surface area contributed by atoms with Crippen LogP contribution in [0.4, 0.5) is 0 Å². The number of furan rings is 1. The maximum atomic E-state index is 6.85. The summed E-state index contributed by atoms with van der Waals surface area (Å²) in [6.45, 7) is 4.65. The molecule has 0 radical (unpaired) electrons. The van der Waals surface area contributed by atoms with Gasteiger partial charge in [-0.05, 0) is 87.2 Å². The number of fused-ring (bicyclic) bond motifs is 14. The van der Waals surface area contributed by atoms with Gasteiger partial charge in [0.15, 0.2) is 0 Å². The van der Waals surface area contributed by atoms with E-state index in [2.05, 4.69) is 140 Å². The lowest BCUT2D eigenvalue weighted by Crippen LogP contribution is -2.40. The zero-order valence-electron chi connectivity index (χ0n) is 25.9. The van der Waals surface area contributed by atoms with Crippen LogP contribution < -0.4 is 0 Å². The number of benzene rings is 5. The summed E-state index contributed by atoms with van der Waals surface area (Å²) in [5.74, 6) is 2.69. The van der Waals surface area contributed by atoms with E-state index in [0.717, 1.165) is 29.9 Å². The molecule has 0 N–H and O–H groups in total. The van der Waals surface area contributed by atoms with Crippen molar-refractivity contribution in [2.24, 2.45) is 0 Å². The Balaban J connectivity index is 1.46. The molecule has 0 amide bonds. The van der Waals surface area contributed by atoms with Gasteiger partial charge in [-0.3, -0.25) is 0 Å². The predicted molar refractivity (Wildman–Crippen MR) is 190 cm³/mol. The average molecular weight is 602 g/mol. The van der Waals surface area contributed by atoms with Gasteiger partial charge >= 0.3 is 0 Å². The van der Waals surface area contributed by atoms with E-state index in [1.54, 1.807) is 0 Å². The molecule has 3 unspecified atom stereocenters. The minimum absolute atomic E-state index is 0.384. The van der Waals surface area contributed by atoms with Crippen LogP contribution in [0.3, 0.4) is 0 Å². The van der Waals surface area contributed by atoms with Gasteiger partial charge in [0, 0.05) is 27.6 Å². The maximum absolute atomic E-state index is 6.85. The molecule has 1 aliphatic carbocycles. The largest absolute Gasteiger partial charge is 0.460 e. The van der Waals surface area contributed by atoms with E-state index in [4.69, 9.17) is 4.42 Å². The van der Waals surface area contributed by atoms with Gasteiger partial charge in [0.1, 0.15) is 11.3 Å². The van der Waals surface area contributed by atoms with Gasteiger partial charge in [-0.25, -0.2) is 0 Å². The molecule has 0 saturated carbocycles. The van der Waals surface area contributed by atoms with E-state index in [0.29, 0.717) is 5.92 Å². The molecular weight excluding hydrogens is 567 g/mol. The number of nitrogens with zero attached hydrogens (tertiary/aromatic N) is 1. The highest BCUT2D eigenvalue weighted by atomic mass is 32.3. The standard InChI is InChI=1S/C42H35NOS/c1-4-23-45(3)38-22-10-7-18-32(38)42(34-25-37-30(24-39(34)45)29-16-11-13-26(2)41(29)44-37)31-17-6-9-21-36(31)43-35-20-8-5-14-27(35)28-15-12-19-33(42)40(28)43/h5-12,14-22,24-26H,4,13,23H2,1-3H3. The first kappa shape index (κ1) is 25.8. The first-order valence-electron chi connectivity index (χ1n) is 16.3. The normalized spacial score (nSPS) is 23.9. The molecule has 0 saturated heterocycles. The number of aromatic nitrogens is 1. The third-order valence-corrected chi connectivity index (χ3v) is 14.9. The number of para-hydroxylation sites is 3. The molecule has 2 aliphatic heterocycles. The summed E-state index contributed by atoms with van der Waals surface area (Å²) >= 11 is 0. The predicted octanol–water partition coefficient (Wildman–Crippen LogP) is 11.3. The summed E-state index contributed by atoms with van der Waals surface area (Å²) in [6, 6.07) is 39.6. The molecule has 4 heterocycles. The van der Waals surface area contributed by atoms with Crippen LogP contribution in [0.25, 0.3) is 44.5 Å². The third-order valence-electron chi connectivity index (χ3n) is 11.0. The van der Waals surface area contributed by atoms with Crippen molar-refractivity contribution in [3.8, 4) is 5.69 Å². The summed E-state index contributed by atoms with van der Waals surface area (Å²) < 4.78 is 9.38. The first-order valence-corrected chi connectivity index (χ1v) is 18.5. The van der Waals surface area contributed by atoms with Gasteiger partial charge in [-0.2, -0.15) is 10.0 Å². The molecule has 220 valence electrons. The quantitative estimate of drug-likeness (QED) is 0.193. The zero-order valence-corrected chi connectivity index (χ0v) is 26.7. The summed E-state index contributed by atoms with van der Waals surface area (Å²) in [4.78, 5) is 3.04. The second kappa shape index (κ2) is 8.83. The third kappa shape index (κ3) is 2.99. The monoisotopic (exact) mass is 601 g/mol. The Hall–Kier alpha value is -4.47. The highest BCUT2D eigenvalue weighted by Gasteiger charge is 2.52. The van der Waals surface area contributed by atoms with Crippen molar-refractivity contribution >= 4 is 48.9 Å². The van der Waals surface area contributed by atoms with Crippen LogP contribution in [0.5, 0.6) is 0 Å². The molecule has 5 aromatic carbocycles. The van der Waals surface area contributed by atoms with E-state index in [-0.39, 0.29) is 0 Å². The van der Waals surface area contributed by atoms with Gasteiger partial charge in [0.05, 0.1) is 22.1 Å². The van der Waals surface area contributed by atoms with Crippen LogP contribution in [0, 0.1) is 0 Å². The maximum Gasteiger partial charge on any atom is 0.135 e. The number of allylic oxidation sites excluding steroid dienone is 1. The minimum atomic E-state index is -1.34. The van der Waals surface area contributed by atoms with E-state index in [1.165, 1.54) is 70.5 Å².